The molecule has 2 heterocycles. The number of carbonyl (C=O) groups is 1. The van der Waals surface area contributed by atoms with Crippen molar-refractivity contribution in [3.05, 3.63) is 50.6 Å². The zero-order valence-corrected chi connectivity index (χ0v) is 11.3. The van der Waals surface area contributed by atoms with Gasteiger partial charge in [0, 0.05) is 15.0 Å². The van der Waals surface area contributed by atoms with Crippen molar-refractivity contribution >= 4 is 38.9 Å². The molecule has 1 aromatic carbocycles. The molecular formula is C13H10BrNOS. The molecule has 2 nitrogen and oxygen atoms in total. The van der Waals surface area contributed by atoms with Crippen molar-refractivity contribution in [1.29, 1.82) is 0 Å². The average molecular weight is 308 g/mol. The third-order valence-corrected chi connectivity index (χ3v) is 4.34. The van der Waals surface area contributed by atoms with Crippen LogP contribution in [0, 0.1) is 0 Å². The lowest BCUT2D eigenvalue weighted by Crippen LogP contribution is -2.13. The Morgan fingerprint density at radius 1 is 1.35 bits per heavy atom. The minimum absolute atomic E-state index is 0.0545. The molecule has 0 saturated carbocycles. The molecule has 0 saturated heterocycles. The smallest absolute Gasteiger partial charge is 0.232 e. The van der Waals surface area contributed by atoms with Crippen LogP contribution in [0.4, 0.5) is 5.69 Å². The average Bonchev–Trinajstić information content (AvgIpc) is 2.90. The largest absolute Gasteiger partial charge is 0.325 e. The molecule has 17 heavy (non-hydrogen) atoms. The van der Waals surface area contributed by atoms with Gasteiger partial charge in [0.1, 0.15) is 0 Å². The molecule has 2 aromatic rings. The molecule has 0 aliphatic carbocycles. The van der Waals surface area contributed by atoms with Gasteiger partial charge in [0.05, 0.1) is 5.92 Å². The minimum atomic E-state index is -0.0545. The molecule has 0 bridgehead atoms. The number of thiophene rings is 1. The van der Waals surface area contributed by atoms with E-state index in [-0.39, 0.29) is 11.8 Å². The van der Waals surface area contributed by atoms with E-state index in [1.807, 2.05) is 29.6 Å². The van der Waals surface area contributed by atoms with Gasteiger partial charge in [0.25, 0.3) is 0 Å². The first-order chi connectivity index (χ1) is 8.24. The van der Waals surface area contributed by atoms with Crippen LogP contribution in [0.2, 0.25) is 0 Å². The second-order valence-corrected chi connectivity index (χ2v) is 6.00. The predicted octanol–water partition coefficient (Wildman–Crippen LogP) is 3.79. The maximum atomic E-state index is 11.9. The topological polar surface area (TPSA) is 29.1 Å². The lowest BCUT2D eigenvalue weighted by atomic mass is 9.97. The lowest BCUT2D eigenvalue weighted by Gasteiger charge is -2.07. The molecule has 4 heteroatoms. The van der Waals surface area contributed by atoms with Gasteiger partial charge in [-0.1, -0.05) is 22.0 Å². The number of anilines is 1. The summed E-state index contributed by atoms with van der Waals surface area (Å²) in [6.07, 6.45) is 0.785. The summed E-state index contributed by atoms with van der Waals surface area (Å²) in [6, 6.07) is 10.0. The van der Waals surface area contributed by atoms with Crippen molar-refractivity contribution in [2.45, 2.75) is 12.3 Å². The van der Waals surface area contributed by atoms with Crippen LogP contribution in [-0.4, -0.2) is 5.91 Å². The van der Waals surface area contributed by atoms with Crippen molar-refractivity contribution in [1.82, 2.24) is 0 Å². The van der Waals surface area contributed by atoms with Crippen molar-refractivity contribution in [2.24, 2.45) is 0 Å². The molecule has 0 spiro atoms. The number of halogens is 1. The Labute approximate surface area is 112 Å². The fraction of sp³-hybridized carbons (Fsp3) is 0.154. The maximum absolute atomic E-state index is 11.9. The number of nitrogens with one attached hydrogen (secondary N) is 1. The number of carbonyl (C=O) groups excluding carboxylic acids is 1. The van der Waals surface area contributed by atoms with Crippen LogP contribution < -0.4 is 5.32 Å². The summed E-state index contributed by atoms with van der Waals surface area (Å²) in [4.78, 5) is 13.2. The minimum Gasteiger partial charge on any atom is -0.325 e. The molecule has 1 aliphatic rings. The van der Waals surface area contributed by atoms with E-state index < -0.39 is 0 Å². The van der Waals surface area contributed by atoms with Crippen LogP contribution in [-0.2, 0) is 11.2 Å². The van der Waals surface area contributed by atoms with Crippen molar-refractivity contribution < 1.29 is 4.79 Å². The molecule has 0 unspecified atom stereocenters. The normalized spacial score (nSPS) is 17.9. The van der Waals surface area contributed by atoms with E-state index in [1.54, 1.807) is 11.3 Å². The molecule has 1 aromatic heterocycles. The van der Waals surface area contributed by atoms with E-state index in [4.69, 9.17) is 0 Å². The number of amides is 1. The van der Waals surface area contributed by atoms with Gasteiger partial charge in [-0.05, 0) is 41.6 Å². The number of benzene rings is 1. The lowest BCUT2D eigenvalue weighted by molar-refractivity contribution is -0.117. The molecule has 0 radical (unpaired) electrons. The molecular weight excluding hydrogens is 298 g/mol. The van der Waals surface area contributed by atoms with Gasteiger partial charge in [-0.3, -0.25) is 4.79 Å². The predicted molar refractivity (Wildman–Crippen MR) is 73.5 cm³/mol. The molecule has 1 amide bonds. The van der Waals surface area contributed by atoms with Crippen LogP contribution in [0.15, 0.2) is 40.2 Å². The van der Waals surface area contributed by atoms with E-state index >= 15 is 0 Å². The number of fused-ring (bicyclic) bond motifs is 1. The second-order valence-electron chi connectivity index (χ2n) is 4.06. The highest BCUT2D eigenvalue weighted by Gasteiger charge is 2.30. The number of rotatable bonds is 2. The van der Waals surface area contributed by atoms with Gasteiger partial charge >= 0.3 is 0 Å². The fourth-order valence-corrected chi connectivity index (χ4v) is 3.26. The monoisotopic (exact) mass is 307 g/mol. The first kappa shape index (κ1) is 11.0. The van der Waals surface area contributed by atoms with Crippen LogP contribution >= 0.6 is 27.3 Å². The summed E-state index contributed by atoms with van der Waals surface area (Å²) in [5.74, 6) is 0.0487. The van der Waals surface area contributed by atoms with E-state index in [0.29, 0.717) is 0 Å². The van der Waals surface area contributed by atoms with Crippen molar-refractivity contribution in [3.63, 3.8) is 0 Å². The van der Waals surface area contributed by atoms with Crippen molar-refractivity contribution in [3.8, 4) is 0 Å². The Bertz CT molecular complexity index is 565. The van der Waals surface area contributed by atoms with Gasteiger partial charge in [-0.25, -0.2) is 0 Å². The highest BCUT2D eigenvalue weighted by Crippen LogP contribution is 2.37. The first-order valence-corrected chi connectivity index (χ1v) is 7.04. The molecule has 0 fully saturated rings. The SMILES string of the molecule is O=C1Nc2ccc(Br)cc2[C@@H]1Cc1cccs1. The second kappa shape index (κ2) is 4.27. The summed E-state index contributed by atoms with van der Waals surface area (Å²) < 4.78 is 1.02. The van der Waals surface area contributed by atoms with Gasteiger partial charge < -0.3 is 5.32 Å². The Morgan fingerprint density at radius 2 is 2.24 bits per heavy atom. The van der Waals surface area contributed by atoms with Gasteiger partial charge in [0.2, 0.25) is 5.91 Å². The highest BCUT2D eigenvalue weighted by molar-refractivity contribution is 9.10. The van der Waals surface area contributed by atoms with Gasteiger partial charge in [-0.15, -0.1) is 11.3 Å². The number of hydrogen-bond acceptors (Lipinski definition) is 2. The zero-order valence-electron chi connectivity index (χ0n) is 8.94. The molecule has 86 valence electrons. The highest BCUT2D eigenvalue weighted by atomic mass is 79.9. The van der Waals surface area contributed by atoms with Gasteiger partial charge in [-0.2, -0.15) is 0 Å². The van der Waals surface area contributed by atoms with E-state index in [2.05, 4.69) is 27.3 Å². The zero-order chi connectivity index (χ0) is 11.8. The van der Waals surface area contributed by atoms with E-state index in [9.17, 15) is 4.79 Å². The third kappa shape index (κ3) is 2.03. The van der Waals surface area contributed by atoms with E-state index in [0.717, 1.165) is 22.1 Å². The van der Waals surface area contributed by atoms with Crippen LogP contribution in [0.5, 0.6) is 0 Å². The number of hydrogen-bond donors (Lipinski definition) is 1. The Balaban J connectivity index is 1.96. The summed E-state index contributed by atoms with van der Waals surface area (Å²) >= 11 is 5.15. The van der Waals surface area contributed by atoms with Crippen LogP contribution in [0.3, 0.4) is 0 Å². The Kier molecular flexibility index (Phi) is 2.76. The standard InChI is InChI=1S/C13H10BrNOS/c14-8-3-4-12-10(6-8)11(13(16)15-12)7-9-2-1-5-17-9/h1-6,11H,7H2,(H,15,16)/t11-/m0/s1. The molecule has 3 rings (SSSR count). The summed E-state index contributed by atoms with van der Waals surface area (Å²) in [7, 11) is 0. The maximum Gasteiger partial charge on any atom is 0.232 e. The Morgan fingerprint density at radius 3 is 3.00 bits per heavy atom. The Hall–Kier alpha value is -1.13. The molecule has 1 N–H and O–H groups in total. The molecule has 1 atom stereocenters. The first-order valence-electron chi connectivity index (χ1n) is 5.37. The fourth-order valence-electron chi connectivity index (χ4n) is 2.13. The third-order valence-electron chi connectivity index (χ3n) is 2.95. The van der Waals surface area contributed by atoms with Gasteiger partial charge in [0.15, 0.2) is 0 Å². The van der Waals surface area contributed by atoms with Crippen molar-refractivity contribution in [2.75, 3.05) is 5.32 Å². The molecule has 1 aliphatic heterocycles. The summed E-state index contributed by atoms with van der Waals surface area (Å²) in [5.41, 5.74) is 2.04. The van der Waals surface area contributed by atoms with Crippen LogP contribution in [0.1, 0.15) is 16.4 Å². The van der Waals surface area contributed by atoms with E-state index in [1.165, 1.54) is 4.88 Å². The van der Waals surface area contributed by atoms with Crippen LogP contribution in [0.25, 0.3) is 0 Å². The summed E-state index contributed by atoms with van der Waals surface area (Å²) in [5, 5.41) is 4.98. The summed E-state index contributed by atoms with van der Waals surface area (Å²) in [6.45, 7) is 0. The quantitative estimate of drug-likeness (QED) is 0.898.